The molecule has 0 bridgehead atoms. The van der Waals surface area contributed by atoms with Gasteiger partial charge in [0.2, 0.25) is 5.91 Å². The van der Waals surface area contributed by atoms with Crippen LogP contribution in [-0.4, -0.2) is 23.0 Å². The van der Waals surface area contributed by atoms with Gasteiger partial charge in [0.1, 0.15) is 0 Å². The van der Waals surface area contributed by atoms with E-state index in [9.17, 15) is 9.59 Å². The third-order valence-corrected chi connectivity index (χ3v) is 2.73. The number of carbonyl (C=O) groups is 2. The molecular weight excluding hydrogens is 182 g/mol. The molecule has 0 saturated carbocycles. The van der Waals surface area contributed by atoms with Crippen molar-refractivity contribution in [3.8, 4) is 0 Å². The zero-order chi connectivity index (χ0) is 10.7. The van der Waals surface area contributed by atoms with Crippen molar-refractivity contribution in [3.63, 3.8) is 0 Å². The van der Waals surface area contributed by atoms with Gasteiger partial charge in [0.15, 0.2) is 0 Å². The first-order valence-electron chi connectivity index (χ1n) is 5.02. The molecule has 1 aliphatic rings. The highest BCUT2D eigenvalue weighted by Crippen LogP contribution is 2.25. The summed E-state index contributed by atoms with van der Waals surface area (Å²) in [4.78, 5) is 21.8. The molecule has 0 aromatic heterocycles. The fourth-order valence-corrected chi connectivity index (χ4v) is 2.04. The zero-order valence-electron chi connectivity index (χ0n) is 8.62. The van der Waals surface area contributed by atoms with Gasteiger partial charge in [0.25, 0.3) is 0 Å². The summed E-state index contributed by atoms with van der Waals surface area (Å²) in [7, 11) is 0. The molecule has 0 unspecified atom stereocenters. The molecule has 1 rings (SSSR count). The molecule has 0 aliphatic carbocycles. The Kier molecular flexibility index (Phi) is 3.49. The maximum Gasteiger partial charge on any atom is 0.303 e. The maximum atomic E-state index is 11.2. The first-order chi connectivity index (χ1) is 6.50. The van der Waals surface area contributed by atoms with Crippen LogP contribution in [0.15, 0.2) is 0 Å². The Morgan fingerprint density at radius 1 is 1.64 bits per heavy atom. The lowest BCUT2D eigenvalue weighted by molar-refractivity contribution is -0.140. The molecule has 1 amide bonds. The number of hydrogen-bond acceptors (Lipinski definition) is 2. The van der Waals surface area contributed by atoms with E-state index in [-0.39, 0.29) is 24.3 Å². The average Bonchev–Trinajstić information content (AvgIpc) is 2.07. The van der Waals surface area contributed by atoms with Crippen LogP contribution >= 0.6 is 0 Å². The SMILES string of the molecule is CC(C)[C@H]1NC(=O)CC[C@@H]1CC(=O)O. The van der Waals surface area contributed by atoms with E-state index in [1.807, 2.05) is 13.8 Å². The lowest BCUT2D eigenvalue weighted by Gasteiger charge is -2.34. The summed E-state index contributed by atoms with van der Waals surface area (Å²) >= 11 is 0. The molecule has 0 aromatic rings. The molecule has 0 spiro atoms. The van der Waals surface area contributed by atoms with Gasteiger partial charge in [-0.25, -0.2) is 0 Å². The monoisotopic (exact) mass is 199 g/mol. The predicted octanol–water partition coefficient (Wildman–Crippen LogP) is 1.01. The summed E-state index contributed by atoms with van der Waals surface area (Å²) in [5.41, 5.74) is 0. The average molecular weight is 199 g/mol. The van der Waals surface area contributed by atoms with Gasteiger partial charge in [0, 0.05) is 12.5 Å². The molecule has 0 radical (unpaired) electrons. The van der Waals surface area contributed by atoms with E-state index in [0.717, 1.165) is 0 Å². The second-order valence-electron chi connectivity index (χ2n) is 4.23. The van der Waals surface area contributed by atoms with E-state index >= 15 is 0 Å². The van der Waals surface area contributed by atoms with Crippen molar-refractivity contribution in [2.24, 2.45) is 11.8 Å². The minimum atomic E-state index is -0.781. The fourth-order valence-electron chi connectivity index (χ4n) is 2.04. The first-order valence-corrected chi connectivity index (χ1v) is 5.02. The summed E-state index contributed by atoms with van der Waals surface area (Å²) in [6, 6.07) is 0.0207. The maximum absolute atomic E-state index is 11.2. The second kappa shape index (κ2) is 4.44. The molecule has 4 heteroatoms. The minimum Gasteiger partial charge on any atom is -0.481 e. The molecule has 4 nitrogen and oxygen atoms in total. The van der Waals surface area contributed by atoms with E-state index in [1.54, 1.807) is 0 Å². The largest absolute Gasteiger partial charge is 0.481 e. The standard InChI is InChI=1S/C10H17NO3/c1-6(2)10-7(5-9(13)14)3-4-8(12)11-10/h6-7,10H,3-5H2,1-2H3,(H,11,12)(H,13,14)/t7-,10-/m1/s1. The number of carboxylic acids is 1. The van der Waals surface area contributed by atoms with Gasteiger partial charge in [0.05, 0.1) is 6.42 Å². The molecule has 1 heterocycles. The van der Waals surface area contributed by atoms with Crippen LogP contribution in [0.5, 0.6) is 0 Å². The first kappa shape index (κ1) is 11.0. The number of hydrogen-bond donors (Lipinski definition) is 2. The highest BCUT2D eigenvalue weighted by atomic mass is 16.4. The van der Waals surface area contributed by atoms with Gasteiger partial charge < -0.3 is 10.4 Å². The Morgan fingerprint density at radius 2 is 2.29 bits per heavy atom. The van der Waals surface area contributed by atoms with Crippen molar-refractivity contribution in [1.82, 2.24) is 5.32 Å². The summed E-state index contributed by atoms with van der Waals surface area (Å²) in [6.45, 7) is 4.01. The minimum absolute atomic E-state index is 0.0207. The van der Waals surface area contributed by atoms with Crippen LogP contribution in [-0.2, 0) is 9.59 Å². The number of amides is 1. The van der Waals surface area contributed by atoms with Gasteiger partial charge in [-0.1, -0.05) is 13.8 Å². The highest BCUT2D eigenvalue weighted by Gasteiger charge is 2.31. The number of carbonyl (C=O) groups excluding carboxylic acids is 1. The van der Waals surface area contributed by atoms with Gasteiger partial charge in [-0.15, -0.1) is 0 Å². The van der Waals surface area contributed by atoms with Crippen LogP contribution in [0.25, 0.3) is 0 Å². The van der Waals surface area contributed by atoms with Crippen molar-refractivity contribution in [2.45, 2.75) is 39.2 Å². The summed E-state index contributed by atoms with van der Waals surface area (Å²) < 4.78 is 0. The molecule has 1 saturated heterocycles. The van der Waals surface area contributed by atoms with Gasteiger partial charge in [-0.05, 0) is 18.3 Å². The third-order valence-electron chi connectivity index (χ3n) is 2.73. The fraction of sp³-hybridized carbons (Fsp3) is 0.800. The van der Waals surface area contributed by atoms with E-state index in [4.69, 9.17) is 5.11 Å². The van der Waals surface area contributed by atoms with Crippen LogP contribution in [0, 0.1) is 11.8 Å². The number of nitrogens with one attached hydrogen (secondary N) is 1. The lowest BCUT2D eigenvalue weighted by atomic mass is 9.82. The molecule has 2 N–H and O–H groups in total. The van der Waals surface area contributed by atoms with E-state index < -0.39 is 5.97 Å². The third kappa shape index (κ3) is 2.72. The Balaban J connectivity index is 2.62. The zero-order valence-corrected chi connectivity index (χ0v) is 8.62. The van der Waals surface area contributed by atoms with Crippen molar-refractivity contribution in [1.29, 1.82) is 0 Å². The van der Waals surface area contributed by atoms with Crippen LogP contribution in [0.4, 0.5) is 0 Å². The van der Waals surface area contributed by atoms with Gasteiger partial charge >= 0.3 is 5.97 Å². The Morgan fingerprint density at radius 3 is 2.79 bits per heavy atom. The molecule has 1 aliphatic heterocycles. The van der Waals surface area contributed by atoms with Crippen LogP contribution in [0.3, 0.4) is 0 Å². The number of carboxylic acid groups (broad SMARTS) is 1. The van der Waals surface area contributed by atoms with Crippen molar-refractivity contribution >= 4 is 11.9 Å². The molecule has 1 fully saturated rings. The van der Waals surface area contributed by atoms with E-state index in [2.05, 4.69) is 5.32 Å². The van der Waals surface area contributed by atoms with Crippen LogP contribution in [0.1, 0.15) is 33.1 Å². The molecule has 0 aromatic carbocycles. The normalized spacial score (nSPS) is 27.5. The summed E-state index contributed by atoms with van der Waals surface area (Å²) in [5.74, 6) is -0.351. The lowest BCUT2D eigenvalue weighted by Crippen LogP contribution is -2.48. The van der Waals surface area contributed by atoms with Gasteiger partial charge in [-0.3, -0.25) is 9.59 Å². The molecular formula is C10H17NO3. The Hall–Kier alpha value is -1.06. The van der Waals surface area contributed by atoms with E-state index in [0.29, 0.717) is 18.8 Å². The predicted molar refractivity (Wildman–Crippen MR) is 51.7 cm³/mol. The topological polar surface area (TPSA) is 66.4 Å². The summed E-state index contributed by atoms with van der Waals surface area (Å²) in [6.07, 6.45) is 1.31. The Bertz CT molecular complexity index is 238. The van der Waals surface area contributed by atoms with E-state index in [1.165, 1.54) is 0 Å². The quantitative estimate of drug-likeness (QED) is 0.713. The van der Waals surface area contributed by atoms with Crippen molar-refractivity contribution in [2.75, 3.05) is 0 Å². The van der Waals surface area contributed by atoms with Crippen LogP contribution < -0.4 is 5.32 Å². The number of aliphatic carboxylic acids is 1. The second-order valence-corrected chi connectivity index (χ2v) is 4.23. The Labute approximate surface area is 83.7 Å². The molecule has 80 valence electrons. The number of piperidine rings is 1. The van der Waals surface area contributed by atoms with Gasteiger partial charge in [-0.2, -0.15) is 0 Å². The smallest absolute Gasteiger partial charge is 0.303 e. The summed E-state index contributed by atoms with van der Waals surface area (Å²) in [5, 5.41) is 11.6. The number of rotatable bonds is 3. The highest BCUT2D eigenvalue weighted by molar-refractivity contribution is 5.77. The molecule has 2 atom stereocenters. The van der Waals surface area contributed by atoms with Crippen molar-refractivity contribution in [3.05, 3.63) is 0 Å². The van der Waals surface area contributed by atoms with Crippen molar-refractivity contribution < 1.29 is 14.7 Å². The van der Waals surface area contributed by atoms with Crippen LogP contribution in [0.2, 0.25) is 0 Å². The molecule has 14 heavy (non-hydrogen) atoms.